The van der Waals surface area contributed by atoms with Crippen LogP contribution in [0.2, 0.25) is 0 Å². The van der Waals surface area contributed by atoms with Crippen LogP contribution >= 0.6 is 0 Å². The number of unbranched alkanes of at least 4 members (excludes halogenated alkanes) is 8. The Kier molecular flexibility index (Phi) is 35.4. The third kappa shape index (κ3) is 38.0. The van der Waals surface area contributed by atoms with E-state index in [9.17, 15) is 48.7 Å². The number of aryl methyl sites for hydroxylation is 2. The second-order valence-corrected chi connectivity index (χ2v) is 32.6. The quantitative estimate of drug-likeness (QED) is 0.00584. The van der Waals surface area contributed by atoms with Crippen LogP contribution in [-0.4, -0.2) is 124 Å². The SMILES string of the molecule is CC(C)(C)CC[C@H](NC(=O)N[C@@H](CCCCn1cc(CNC(=O)CCCCCCC(=O)c2cc(N=[N+]=[N-])cc(C(=O)CCCCCCC(=O)NCc3cn(CCCC[C@H](NC(=O)N[C@@H](CCC(=O)OC(C)(C)C)C(=O)OC(C)(C)C)C(C)(C)C)nn3)c2)nn1)C(=O)OC(C)(C)C)C(C)(C)C. The molecule has 0 aliphatic carbocycles. The fraction of sp³-hybridized carbons (Fsp3) is 0.740. The molecule has 27 heteroatoms. The number of carbonyl (C=O) groups is 9. The first-order valence-corrected chi connectivity index (χ1v) is 35.9. The molecule has 1 aromatic carbocycles. The number of azide groups is 1. The van der Waals surface area contributed by atoms with Gasteiger partial charge in [-0.1, -0.05) is 104 Å². The maximum absolute atomic E-state index is 13.3. The zero-order valence-electron chi connectivity index (χ0n) is 63.5. The van der Waals surface area contributed by atoms with Gasteiger partial charge in [-0.2, -0.15) is 0 Å². The molecule has 0 spiro atoms. The summed E-state index contributed by atoms with van der Waals surface area (Å²) in [5, 5.41) is 38.1. The minimum absolute atomic E-state index is 0.0103. The molecule has 0 bridgehead atoms. The first-order chi connectivity index (χ1) is 46.5. The number of ether oxygens (including phenoxy) is 3. The van der Waals surface area contributed by atoms with Gasteiger partial charge in [0.05, 0.1) is 25.5 Å². The van der Waals surface area contributed by atoms with Crippen molar-refractivity contribution >= 4 is 59.0 Å². The average Bonchev–Trinajstić information content (AvgIpc) is 1.16. The minimum Gasteiger partial charge on any atom is -0.460 e. The molecule has 3 aromatic rings. The number of aromatic nitrogens is 6. The molecule has 3 rings (SSSR count). The number of hydrogen-bond donors (Lipinski definition) is 6. The van der Waals surface area contributed by atoms with Crippen molar-refractivity contribution in [3.05, 3.63) is 63.6 Å². The van der Waals surface area contributed by atoms with E-state index in [0.29, 0.717) is 113 Å². The second-order valence-electron chi connectivity index (χ2n) is 32.6. The van der Waals surface area contributed by atoms with Gasteiger partial charge in [0.1, 0.15) is 40.3 Å². The van der Waals surface area contributed by atoms with Crippen LogP contribution in [0.1, 0.15) is 298 Å². The lowest BCUT2D eigenvalue weighted by atomic mass is 9.80. The molecule has 6 amide bonds. The lowest BCUT2D eigenvalue weighted by Crippen LogP contribution is -2.53. The maximum atomic E-state index is 13.3. The molecule has 0 aliphatic rings. The maximum Gasteiger partial charge on any atom is 0.329 e. The Hall–Kier alpha value is -7.96. The van der Waals surface area contributed by atoms with E-state index >= 15 is 0 Å². The highest BCUT2D eigenvalue weighted by molar-refractivity contribution is 6.02. The van der Waals surface area contributed by atoms with Crippen molar-refractivity contribution in [3.63, 3.8) is 0 Å². The van der Waals surface area contributed by atoms with E-state index in [1.165, 1.54) is 12.1 Å². The van der Waals surface area contributed by atoms with Gasteiger partial charge in [-0.3, -0.25) is 33.3 Å². The van der Waals surface area contributed by atoms with Crippen LogP contribution in [0.4, 0.5) is 15.3 Å². The largest absolute Gasteiger partial charge is 0.460 e. The number of nitrogens with one attached hydrogen (secondary N) is 6. The molecule has 4 atom stereocenters. The van der Waals surface area contributed by atoms with Gasteiger partial charge in [0, 0.05) is 79.0 Å². The molecule has 0 saturated heterocycles. The Morgan fingerprint density at radius 1 is 0.470 bits per heavy atom. The average molecular weight is 1400 g/mol. The van der Waals surface area contributed by atoms with Gasteiger partial charge in [-0.05, 0) is 186 Å². The number of Topliss-reactive ketones (excluding diaryl/α,β-unsaturated/α-hetero) is 2. The van der Waals surface area contributed by atoms with Crippen LogP contribution in [0.3, 0.4) is 0 Å². The summed E-state index contributed by atoms with van der Waals surface area (Å²) in [5.74, 6) is -2.25. The van der Waals surface area contributed by atoms with Crippen molar-refractivity contribution in [2.24, 2.45) is 21.4 Å². The minimum atomic E-state index is -1.07. The molecule has 0 aliphatic heterocycles. The zero-order valence-corrected chi connectivity index (χ0v) is 63.5. The molecule has 100 heavy (non-hydrogen) atoms. The van der Waals surface area contributed by atoms with Crippen molar-refractivity contribution in [2.45, 2.75) is 333 Å². The van der Waals surface area contributed by atoms with Crippen LogP contribution in [0.5, 0.6) is 0 Å². The number of rotatable bonds is 42. The third-order valence-corrected chi connectivity index (χ3v) is 16.1. The molecule has 2 heterocycles. The van der Waals surface area contributed by atoms with Crippen LogP contribution in [0.25, 0.3) is 10.4 Å². The number of urea groups is 2. The fourth-order valence-electron chi connectivity index (χ4n) is 10.7. The topological polar surface area (TPSA) is 364 Å². The summed E-state index contributed by atoms with van der Waals surface area (Å²) in [4.78, 5) is 121. The monoisotopic (exact) mass is 1400 g/mol. The number of ketones is 2. The van der Waals surface area contributed by atoms with Gasteiger partial charge < -0.3 is 46.1 Å². The number of esters is 3. The highest BCUT2D eigenvalue weighted by Crippen LogP contribution is 2.30. The Morgan fingerprint density at radius 3 is 1.27 bits per heavy atom. The molecule has 0 fully saturated rings. The fourth-order valence-corrected chi connectivity index (χ4v) is 10.7. The normalized spacial score (nSPS) is 13.3. The van der Waals surface area contributed by atoms with Crippen molar-refractivity contribution < 1.29 is 57.4 Å². The van der Waals surface area contributed by atoms with Gasteiger partial charge in [-0.25, -0.2) is 19.2 Å². The van der Waals surface area contributed by atoms with E-state index in [2.05, 4.69) is 104 Å². The van der Waals surface area contributed by atoms with E-state index in [1.807, 2.05) is 20.8 Å². The zero-order chi connectivity index (χ0) is 75.1. The first-order valence-electron chi connectivity index (χ1n) is 35.9. The molecule has 560 valence electrons. The molecule has 0 radical (unpaired) electrons. The summed E-state index contributed by atoms with van der Waals surface area (Å²) >= 11 is 0. The van der Waals surface area contributed by atoms with Gasteiger partial charge in [0.15, 0.2) is 11.6 Å². The van der Waals surface area contributed by atoms with Crippen LogP contribution in [0, 0.1) is 16.2 Å². The van der Waals surface area contributed by atoms with Crippen molar-refractivity contribution in [2.75, 3.05) is 0 Å². The number of benzene rings is 1. The molecule has 0 unspecified atom stereocenters. The van der Waals surface area contributed by atoms with E-state index in [-0.39, 0.29) is 96.2 Å². The smallest absolute Gasteiger partial charge is 0.329 e. The Morgan fingerprint density at radius 2 is 0.870 bits per heavy atom. The second kappa shape index (κ2) is 41.1. The predicted octanol–water partition coefficient (Wildman–Crippen LogP) is 13.6. The summed E-state index contributed by atoms with van der Waals surface area (Å²) in [6.07, 6.45) is 15.2. The molecular formula is C73H121N15O12. The van der Waals surface area contributed by atoms with E-state index in [1.54, 1.807) is 90.1 Å². The highest BCUT2D eigenvalue weighted by atomic mass is 16.6. The molecule has 6 N–H and O–H groups in total. The molecule has 2 aromatic heterocycles. The molecule has 0 saturated carbocycles. The summed E-state index contributed by atoms with van der Waals surface area (Å²) in [6, 6.07) is 1.33. The molecular weight excluding hydrogens is 1280 g/mol. The van der Waals surface area contributed by atoms with E-state index < -0.39 is 58.9 Å². The number of carbonyl (C=O) groups excluding carboxylic acids is 9. The number of amides is 6. The van der Waals surface area contributed by atoms with Crippen LogP contribution in [0.15, 0.2) is 35.7 Å². The predicted molar refractivity (Wildman–Crippen MR) is 384 cm³/mol. The lowest BCUT2D eigenvalue weighted by Gasteiger charge is -2.34. The summed E-state index contributed by atoms with van der Waals surface area (Å²) < 4.78 is 20.0. The van der Waals surface area contributed by atoms with Crippen molar-refractivity contribution in [3.8, 4) is 0 Å². The summed E-state index contributed by atoms with van der Waals surface area (Å²) in [7, 11) is 0. The van der Waals surface area contributed by atoms with Gasteiger partial charge in [0.25, 0.3) is 0 Å². The first kappa shape index (κ1) is 86.3. The van der Waals surface area contributed by atoms with E-state index in [0.717, 1.165) is 38.5 Å². The van der Waals surface area contributed by atoms with E-state index in [4.69, 9.17) is 14.2 Å². The molecule has 27 nitrogen and oxygen atoms in total. The van der Waals surface area contributed by atoms with Crippen LogP contribution < -0.4 is 31.9 Å². The van der Waals surface area contributed by atoms with Crippen molar-refractivity contribution in [1.29, 1.82) is 0 Å². The van der Waals surface area contributed by atoms with Gasteiger partial charge in [0.2, 0.25) is 11.8 Å². The Bertz CT molecular complexity index is 3170. The van der Waals surface area contributed by atoms with Gasteiger partial charge in [-0.15, -0.1) is 10.2 Å². The Balaban J connectivity index is 1.33. The summed E-state index contributed by atoms with van der Waals surface area (Å²) in [6.45, 7) is 36.2. The lowest BCUT2D eigenvalue weighted by molar-refractivity contribution is -0.159. The highest BCUT2D eigenvalue weighted by Gasteiger charge is 2.34. The standard InChI is InChI=1S/C73H121N15O12/c1-68(2,3)40-39-60(70(7,8)9)80-66(96)77-55(64(94)99-72(13,14)15)31-27-29-41-87-48-53(82-85-87)46-75-61(91)35-25-21-19-23-32-57(89)50-43-51(45-52(44-50)81-84-74)58(90)33-24-20-22-26-36-62(92)76-47-54-49-88(86-83-54)42-30-28-34-59(69(4,5)6)79-67(97)78-56(65(95)100-73(16,17)18)37-38-63(93)98-71(10,11)12/h43-45,48-49,55-56,59-60H,19-42,46-47H2,1-18H3,(H,75,91)(H,76,92)(H2,77,80,96)(H2,78,79,97)/t55-,56-,59-,60-/m0/s1. The van der Waals surface area contributed by atoms with Crippen molar-refractivity contribution in [1.82, 2.24) is 61.9 Å². The number of nitrogens with zero attached hydrogens (tertiary/aromatic N) is 9. The number of hydrogen-bond acceptors (Lipinski definition) is 17. The van der Waals surface area contributed by atoms with Gasteiger partial charge >= 0.3 is 30.0 Å². The summed E-state index contributed by atoms with van der Waals surface area (Å²) in [5.41, 5.74) is 8.53. The van der Waals surface area contributed by atoms with Crippen LogP contribution in [-0.2, 0) is 64.4 Å². The third-order valence-electron chi connectivity index (χ3n) is 16.1. The Labute approximate surface area is 593 Å².